The zero-order valence-corrected chi connectivity index (χ0v) is 15.0. The summed E-state index contributed by atoms with van der Waals surface area (Å²) in [6.45, 7) is 3.80. The molecule has 0 spiro atoms. The highest BCUT2D eigenvalue weighted by Crippen LogP contribution is 2.18. The summed E-state index contributed by atoms with van der Waals surface area (Å²) >= 11 is 1.71. The van der Waals surface area contributed by atoms with Gasteiger partial charge >= 0.3 is 0 Å². The van der Waals surface area contributed by atoms with E-state index in [1.54, 1.807) is 23.9 Å². The number of hydrogen-bond acceptors (Lipinski definition) is 3. The molecule has 0 saturated carbocycles. The first kappa shape index (κ1) is 18.5. The van der Waals surface area contributed by atoms with Crippen molar-refractivity contribution in [3.63, 3.8) is 0 Å². The van der Waals surface area contributed by atoms with Gasteiger partial charge in [0, 0.05) is 24.5 Å². The maximum atomic E-state index is 12.7. The molecule has 1 aliphatic heterocycles. The Hall–Kier alpha value is -0.540. The van der Waals surface area contributed by atoms with Crippen LogP contribution in [0.15, 0.2) is 34.2 Å². The lowest BCUT2D eigenvalue weighted by molar-refractivity contribution is 0.0674. The molecule has 1 fully saturated rings. The first-order valence-electron chi connectivity index (χ1n) is 6.77. The van der Waals surface area contributed by atoms with E-state index >= 15 is 0 Å². The maximum absolute atomic E-state index is 12.7. The van der Waals surface area contributed by atoms with Crippen molar-refractivity contribution in [1.82, 2.24) is 4.90 Å². The van der Waals surface area contributed by atoms with Crippen LogP contribution in [0.5, 0.6) is 0 Å². The third kappa shape index (κ3) is 6.84. The summed E-state index contributed by atoms with van der Waals surface area (Å²) in [6.07, 6.45) is 0.951. The number of aliphatic imine (C=N–C) groups is 1. The molecule has 1 saturated heterocycles. The summed E-state index contributed by atoms with van der Waals surface area (Å²) < 4.78 is 18.0. The molecule has 0 aromatic heterocycles. The molecule has 0 atom stereocenters. The fourth-order valence-corrected chi connectivity index (χ4v) is 2.71. The standard InChI is InChI=1S/C14H20FN3OS.HI/c15-12-2-4-13(5-3-12)20-11-1-6-17-14(16)18-7-9-19-10-8-18;/h2-5H,1,6-11H2,(H2,16,17);1H. The average Bonchev–Trinajstić information content (AvgIpc) is 2.49. The number of benzene rings is 1. The van der Waals surface area contributed by atoms with Crippen LogP contribution in [0.3, 0.4) is 0 Å². The lowest BCUT2D eigenvalue weighted by Gasteiger charge is -2.27. The van der Waals surface area contributed by atoms with Crippen molar-refractivity contribution in [2.45, 2.75) is 11.3 Å². The molecule has 118 valence electrons. The van der Waals surface area contributed by atoms with Gasteiger partial charge in [-0.05, 0) is 36.4 Å². The van der Waals surface area contributed by atoms with Gasteiger partial charge in [0.05, 0.1) is 13.2 Å². The lowest BCUT2D eigenvalue weighted by atomic mass is 10.4. The predicted molar refractivity (Wildman–Crippen MR) is 96.0 cm³/mol. The second kappa shape index (κ2) is 10.2. The first-order chi connectivity index (χ1) is 9.75. The van der Waals surface area contributed by atoms with Gasteiger partial charge in [0.2, 0.25) is 0 Å². The Bertz CT molecular complexity index is 438. The van der Waals surface area contributed by atoms with Gasteiger partial charge in [0.1, 0.15) is 5.82 Å². The molecule has 7 heteroatoms. The Morgan fingerprint density at radius 3 is 2.62 bits per heavy atom. The van der Waals surface area contributed by atoms with Crippen molar-refractivity contribution in [3.8, 4) is 0 Å². The Morgan fingerprint density at radius 1 is 1.29 bits per heavy atom. The molecule has 0 radical (unpaired) electrons. The molecule has 1 aliphatic rings. The number of morpholine rings is 1. The van der Waals surface area contributed by atoms with Gasteiger partial charge in [-0.15, -0.1) is 35.7 Å². The maximum Gasteiger partial charge on any atom is 0.191 e. The van der Waals surface area contributed by atoms with Gasteiger partial charge in [0.15, 0.2) is 5.96 Å². The van der Waals surface area contributed by atoms with Crippen LogP contribution in [0.2, 0.25) is 0 Å². The van der Waals surface area contributed by atoms with E-state index in [-0.39, 0.29) is 29.8 Å². The number of rotatable bonds is 5. The van der Waals surface area contributed by atoms with Crippen molar-refractivity contribution < 1.29 is 9.13 Å². The molecular weight excluding hydrogens is 404 g/mol. The number of nitrogens with two attached hydrogens (primary N) is 1. The molecule has 1 heterocycles. The summed E-state index contributed by atoms with van der Waals surface area (Å²) in [6, 6.07) is 6.56. The smallest absolute Gasteiger partial charge is 0.191 e. The lowest BCUT2D eigenvalue weighted by Crippen LogP contribution is -2.44. The van der Waals surface area contributed by atoms with E-state index in [0.29, 0.717) is 5.96 Å². The van der Waals surface area contributed by atoms with E-state index in [4.69, 9.17) is 10.5 Å². The zero-order chi connectivity index (χ0) is 14.2. The number of thioether (sulfide) groups is 1. The Morgan fingerprint density at radius 2 is 1.95 bits per heavy atom. The molecule has 0 aliphatic carbocycles. The summed E-state index contributed by atoms with van der Waals surface area (Å²) in [7, 11) is 0. The molecule has 2 N–H and O–H groups in total. The summed E-state index contributed by atoms with van der Waals surface area (Å²) in [5.41, 5.74) is 5.93. The second-order valence-corrected chi connectivity index (χ2v) is 5.66. The van der Waals surface area contributed by atoms with Crippen LogP contribution in [0.25, 0.3) is 0 Å². The fourth-order valence-electron chi connectivity index (χ4n) is 1.87. The predicted octanol–water partition coefficient (Wildman–Crippen LogP) is 2.57. The minimum absolute atomic E-state index is 0. The molecule has 21 heavy (non-hydrogen) atoms. The van der Waals surface area contributed by atoms with Crippen molar-refractivity contribution in [2.75, 3.05) is 38.6 Å². The molecule has 4 nitrogen and oxygen atoms in total. The first-order valence-corrected chi connectivity index (χ1v) is 7.75. The van der Waals surface area contributed by atoms with Crippen molar-refractivity contribution in [1.29, 1.82) is 0 Å². The van der Waals surface area contributed by atoms with E-state index in [1.807, 2.05) is 0 Å². The van der Waals surface area contributed by atoms with Crippen LogP contribution in [-0.2, 0) is 4.74 Å². The monoisotopic (exact) mass is 425 g/mol. The van der Waals surface area contributed by atoms with Crippen LogP contribution in [0.4, 0.5) is 4.39 Å². The summed E-state index contributed by atoms with van der Waals surface area (Å²) in [4.78, 5) is 7.52. The highest BCUT2D eigenvalue weighted by Gasteiger charge is 2.11. The van der Waals surface area contributed by atoms with Crippen molar-refractivity contribution >= 4 is 41.7 Å². The van der Waals surface area contributed by atoms with E-state index in [9.17, 15) is 4.39 Å². The Kier molecular flexibility index (Phi) is 9.02. The summed E-state index contributed by atoms with van der Waals surface area (Å²) in [5, 5.41) is 0. The van der Waals surface area contributed by atoms with Gasteiger partial charge in [-0.3, -0.25) is 4.99 Å². The second-order valence-electron chi connectivity index (χ2n) is 4.50. The van der Waals surface area contributed by atoms with Crippen LogP contribution in [-0.4, -0.2) is 49.5 Å². The molecule has 1 aromatic rings. The molecular formula is C14H21FIN3OS. The van der Waals surface area contributed by atoms with E-state index < -0.39 is 0 Å². The SMILES string of the molecule is I.NC(=NCCCSc1ccc(F)cc1)N1CCOCC1. The zero-order valence-electron chi connectivity index (χ0n) is 11.8. The van der Waals surface area contributed by atoms with Gasteiger partial charge in [-0.25, -0.2) is 4.39 Å². The van der Waals surface area contributed by atoms with Gasteiger partial charge in [-0.2, -0.15) is 0 Å². The third-order valence-corrected chi connectivity index (χ3v) is 4.09. The number of guanidine groups is 1. The quantitative estimate of drug-likeness (QED) is 0.259. The van der Waals surface area contributed by atoms with Gasteiger partial charge in [0.25, 0.3) is 0 Å². The molecule has 1 aromatic carbocycles. The topological polar surface area (TPSA) is 50.8 Å². The highest BCUT2D eigenvalue weighted by atomic mass is 127. The van der Waals surface area contributed by atoms with E-state index in [1.165, 1.54) is 12.1 Å². The highest BCUT2D eigenvalue weighted by molar-refractivity contribution is 14.0. The number of halogens is 2. The van der Waals surface area contributed by atoms with Crippen molar-refractivity contribution in [2.24, 2.45) is 10.7 Å². The fraction of sp³-hybridized carbons (Fsp3) is 0.500. The average molecular weight is 425 g/mol. The van der Waals surface area contributed by atoms with E-state index in [2.05, 4.69) is 9.89 Å². The Balaban J connectivity index is 0.00000220. The molecule has 2 rings (SSSR count). The van der Waals surface area contributed by atoms with Gasteiger partial charge in [-0.1, -0.05) is 0 Å². The van der Waals surface area contributed by atoms with Crippen molar-refractivity contribution in [3.05, 3.63) is 30.1 Å². The number of ether oxygens (including phenoxy) is 1. The normalized spacial score (nSPS) is 15.7. The number of hydrogen-bond donors (Lipinski definition) is 1. The molecule has 0 unspecified atom stereocenters. The van der Waals surface area contributed by atoms with Crippen LogP contribution in [0, 0.1) is 5.82 Å². The summed E-state index contributed by atoms with van der Waals surface area (Å²) in [5.74, 6) is 1.36. The van der Waals surface area contributed by atoms with Crippen LogP contribution < -0.4 is 5.73 Å². The van der Waals surface area contributed by atoms with E-state index in [0.717, 1.165) is 49.9 Å². The molecule has 0 amide bonds. The van der Waals surface area contributed by atoms with Crippen LogP contribution >= 0.6 is 35.7 Å². The number of nitrogens with zero attached hydrogens (tertiary/aromatic N) is 2. The molecule has 0 bridgehead atoms. The Labute approximate surface area is 146 Å². The minimum Gasteiger partial charge on any atom is -0.378 e. The minimum atomic E-state index is -0.197. The third-order valence-electron chi connectivity index (χ3n) is 2.99. The van der Waals surface area contributed by atoms with Crippen LogP contribution in [0.1, 0.15) is 6.42 Å². The largest absolute Gasteiger partial charge is 0.378 e. The van der Waals surface area contributed by atoms with Gasteiger partial charge < -0.3 is 15.4 Å².